The molecular formula is C16H18IN3OS. The lowest BCUT2D eigenvalue weighted by Crippen LogP contribution is -2.29. The minimum atomic E-state index is -0.0936. The van der Waals surface area contributed by atoms with E-state index < -0.39 is 0 Å². The number of hydrogen-bond donors (Lipinski definition) is 1. The van der Waals surface area contributed by atoms with Crippen molar-refractivity contribution < 1.29 is 4.79 Å². The van der Waals surface area contributed by atoms with Gasteiger partial charge < -0.3 is 0 Å². The van der Waals surface area contributed by atoms with E-state index in [1.807, 2.05) is 29.6 Å². The van der Waals surface area contributed by atoms with Crippen molar-refractivity contribution in [1.82, 2.24) is 9.88 Å². The van der Waals surface area contributed by atoms with Gasteiger partial charge in [0.1, 0.15) is 0 Å². The number of thiazole rings is 1. The number of carbonyl (C=O) groups is 1. The van der Waals surface area contributed by atoms with Crippen molar-refractivity contribution in [1.29, 1.82) is 0 Å². The fourth-order valence-electron chi connectivity index (χ4n) is 2.59. The Labute approximate surface area is 148 Å². The zero-order valence-corrected chi connectivity index (χ0v) is 15.2. The van der Waals surface area contributed by atoms with Gasteiger partial charge in [-0.2, -0.15) is 0 Å². The van der Waals surface area contributed by atoms with E-state index in [9.17, 15) is 4.79 Å². The lowest BCUT2D eigenvalue weighted by atomic mass is 10.1. The van der Waals surface area contributed by atoms with Gasteiger partial charge in [0.05, 0.1) is 11.3 Å². The maximum atomic E-state index is 12.3. The van der Waals surface area contributed by atoms with Crippen LogP contribution in [0.1, 0.15) is 35.3 Å². The Kier molecular flexibility index (Phi) is 5.43. The number of rotatable bonds is 4. The molecule has 0 unspecified atom stereocenters. The van der Waals surface area contributed by atoms with E-state index in [1.165, 1.54) is 30.6 Å². The third-order valence-electron chi connectivity index (χ3n) is 3.72. The molecule has 0 atom stereocenters. The number of carbonyl (C=O) groups excluding carboxylic acids is 1. The van der Waals surface area contributed by atoms with Crippen molar-refractivity contribution in [3.05, 3.63) is 44.5 Å². The molecule has 1 amide bonds. The van der Waals surface area contributed by atoms with Crippen LogP contribution < -0.4 is 5.32 Å². The SMILES string of the molecule is O=C(Nc1nc(CN2CCCCC2)cs1)c1ccccc1I. The van der Waals surface area contributed by atoms with Crippen LogP contribution in [0.5, 0.6) is 0 Å². The normalized spacial score (nSPS) is 15.7. The van der Waals surface area contributed by atoms with Crippen LogP contribution in [0.4, 0.5) is 5.13 Å². The first-order valence-electron chi connectivity index (χ1n) is 7.45. The summed E-state index contributed by atoms with van der Waals surface area (Å²) in [7, 11) is 0. The molecule has 2 aromatic rings. The van der Waals surface area contributed by atoms with Gasteiger partial charge in [0.25, 0.3) is 5.91 Å². The quantitative estimate of drug-likeness (QED) is 0.751. The van der Waals surface area contributed by atoms with Gasteiger partial charge >= 0.3 is 0 Å². The molecule has 1 aliphatic heterocycles. The molecule has 22 heavy (non-hydrogen) atoms. The van der Waals surface area contributed by atoms with E-state index in [4.69, 9.17) is 0 Å². The molecule has 116 valence electrons. The van der Waals surface area contributed by atoms with Crippen LogP contribution in [0.2, 0.25) is 0 Å². The summed E-state index contributed by atoms with van der Waals surface area (Å²) in [6, 6.07) is 7.57. The average Bonchev–Trinajstić information content (AvgIpc) is 2.95. The van der Waals surface area contributed by atoms with Gasteiger partial charge in [0.2, 0.25) is 0 Å². The maximum Gasteiger partial charge on any atom is 0.258 e. The molecule has 4 nitrogen and oxygen atoms in total. The fourth-order valence-corrected chi connectivity index (χ4v) is 3.92. The first kappa shape index (κ1) is 15.9. The highest BCUT2D eigenvalue weighted by Crippen LogP contribution is 2.20. The molecule has 0 spiro atoms. The van der Waals surface area contributed by atoms with Gasteiger partial charge in [-0.15, -0.1) is 11.3 Å². The Balaban J connectivity index is 1.61. The predicted octanol–water partition coefficient (Wildman–Crippen LogP) is 3.99. The smallest absolute Gasteiger partial charge is 0.258 e. The van der Waals surface area contributed by atoms with Crippen LogP contribution in [0.15, 0.2) is 29.6 Å². The maximum absolute atomic E-state index is 12.3. The summed E-state index contributed by atoms with van der Waals surface area (Å²) in [5.74, 6) is -0.0936. The van der Waals surface area contributed by atoms with Crippen LogP contribution >= 0.6 is 33.9 Å². The first-order chi connectivity index (χ1) is 10.7. The van der Waals surface area contributed by atoms with Gasteiger partial charge in [-0.3, -0.25) is 15.0 Å². The number of benzene rings is 1. The average molecular weight is 427 g/mol. The van der Waals surface area contributed by atoms with Crippen molar-refractivity contribution in [2.45, 2.75) is 25.8 Å². The van der Waals surface area contributed by atoms with Crippen LogP contribution in [0.25, 0.3) is 0 Å². The van der Waals surface area contributed by atoms with Crippen molar-refractivity contribution in [2.24, 2.45) is 0 Å². The van der Waals surface area contributed by atoms with E-state index >= 15 is 0 Å². The zero-order chi connectivity index (χ0) is 15.4. The van der Waals surface area contributed by atoms with Crippen molar-refractivity contribution >= 4 is 45.0 Å². The van der Waals surface area contributed by atoms with Crippen molar-refractivity contribution in [3.63, 3.8) is 0 Å². The van der Waals surface area contributed by atoms with Crippen LogP contribution in [0.3, 0.4) is 0 Å². The lowest BCUT2D eigenvalue weighted by Gasteiger charge is -2.25. The van der Waals surface area contributed by atoms with Gasteiger partial charge in [-0.25, -0.2) is 4.98 Å². The van der Waals surface area contributed by atoms with E-state index in [2.05, 4.69) is 37.8 Å². The molecule has 0 bridgehead atoms. The molecule has 0 radical (unpaired) electrons. The molecule has 1 aromatic heterocycles. The molecule has 0 aliphatic carbocycles. The summed E-state index contributed by atoms with van der Waals surface area (Å²) >= 11 is 3.67. The number of hydrogen-bond acceptors (Lipinski definition) is 4. The number of amides is 1. The summed E-state index contributed by atoms with van der Waals surface area (Å²) < 4.78 is 0.947. The monoisotopic (exact) mass is 427 g/mol. The van der Waals surface area contributed by atoms with Gasteiger partial charge in [-0.05, 0) is 60.7 Å². The fraction of sp³-hybridized carbons (Fsp3) is 0.375. The van der Waals surface area contributed by atoms with Crippen molar-refractivity contribution in [3.8, 4) is 0 Å². The lowest BCUT2D eigenvalue weighted by molar-refractivity contribution is 0.102. The molecule has 1 N–H and O–H groups in total. The van der Waals surface area contributed by atoms with Gasteiger partial charge in [0.15, 0.2) is 5.13 Å². The Hall–Kier alpha value is -0.990. The molecular weight excluding hydrogens is 409 g/mol. The topological polar surface area (TPSA) is 45.2 Å². The Morgan fingerprint density at radius 2 is 2.05 bits per heavy atom. The number of halogens is 1. The number of aromatic nitrogens is 1. The third-order valence-corrected chi connectivity index (χ3v) is 5.47. The Morgan fingerprint density at radius 3 is 2.82 bits per heavy atom. The van der Waals surface area contributed by atoms with Crippen LogP contribution in [-0.4, -0.2) is 28.9 Å². The standard InChI is InChI=1S/C16H18IN3OS/c17-14-7-3-2-6-13(14)15(21)19-16-18-12(11-22-16)10-20-8-4-1-5-9-20/h2-3,6-7,11H,1,4-5,8-10H2,(H,18,19,21). The third kappa shape index (κ3) is 4.05. The predicted molar refractivity (Wildman–Crippen MR) is 98.4 cm³/mol. The zero-order valence-electron chi connectivity index (χ0n) is 12.2. The first-order valence-corrected chi connectivity index (χ1v) is 9.41. The molecule has 1 aromatic carbocycles. The molecule has 1 fully saturated rings. The minimum Gasteiger partial charge on any atom is -0.298 e. The molecule has 1 saturated heterocycles. The Bertz CT molecular complexity index is 652. The number of nitrogens with one attached hydrogen (secondary N) is 1. The summed E-state index contributed by atoms with van der Waals surface area (Å²) in [4.78, 5) is 19.3. The van der Waals surface area contributed by atoms with Crippen molar-refractivity contribution in [2.75, 3.05) is 18.4 Å². The molecule has 0 saturated carbocycles. The highest BCUT2D eigenvalue weighted by atomic mass is 127. The minimum absolute atomic E-state index is 0.0936. The van der Waals surface area contributed by atoms with E-state index in [-0.39, 0.29) is 5.91 Å². The second kappa shape index (κ2) is 7.52. The number of nitrogens with zero attached hydrogens (tertiary/aromatic N) is 2. The summed E-state index contributed by atoms with van der Waals surface area (Å²) in [6.45, 7) is 3.19. The highest BCUT2D eigenvalue weighted by molar-refractivity contribution is 14.1. The van der Waals surface area contributed by atoms with E-state index in [0.29, 0.717) is 10.7 Å². The van der Waals surface area contributed by atoms with Crippen LogP contribution in [-0.2, 0) is 6.54 Å². The van der Waals surface area contributed by atoms with Gasteiger partial charge in [-0.1, -0.05) is 18.6 Å². The molecule has 6 heteroatoms. The highest BCUT2D eigenvalue weighted by Gasteiger charge is 2.14. The Morgan fingerprint density at radius 1 is 1.27 bits per heavy atom. The van der Waals surface area contributed by atoms with Crippen LogP contribution in [0, 0.1) is 3.57 Å². The van der Waals surface area contributed by atoms with Gasteiger partial charge in [0, 0.05) is 15.5 Å². The molecule has 2 heterocycles. The van der Waals surface area contributed by atoms with E-state index in [1.54, 1.807) is 0 Å². The summed E-state index contributed by atoms with van der Waals surface area (Å²) in [6.07, 6.45) is 3.89. The largest absolute Gasteiger partial charge is 0.298 e. The second-order valence-corrected chi connectivity index (χ2v) is 7.44. The number of likely N-dealkylation sites (tertiary alicyclic amines) is 1. The van der Waals surface area contributed by atoms with E-state index in [0.717, 1.165) is 28.9 Å². The molecule has 1 aliphatic rings. The molecule has 3 rings (SSSR count). The summed E-state index contributed by atoms with van der Waals surface area (Å²) in [5, 5.41) is 5.62. The number of piperidine rings is 1. The number of anilines is 1. The second-order valence-electron chi connectivity index (χ2n) is 5.41. The summed E-state index contributed by atoms with van der Waals surface area (Å²) in [5.41, 5.74) is 1.74.